The van der Waals surface area contributed by atoms with E-state index in [1.807, 2.05) is 30.3 Å². The highest BCUT2D eigenvalue weighted by molar-refractivity contribution is 6.30. The fourth-order valence-electron chi connectivity index (χ4n) is 2.45. The smallest absolute Gasteiger partial charge is 0.124 e. The van der Waals surface area contributed by atoms with E-state index >= 15 is 0 Å². The highest BCUT2D eigenvalue weighted by Crippen LogP contribution is 2.28. The summed E-state index contributed by atoms with van der Waals surface area (Å²) in [6, 6.07) is 9.71. The molecule has 0 aliphatic carbocycles. The quantitative estimate of drug-likeness (QED) is 0.837. The first-order valence-corrected chi connectivity index (χ1v) is 6.78. The Bertz CT molecular complexity index is 553. The minimum absolute atomic E-state index is 0.150. The second-order valence-corrected chi connectivity index (χ2v) is 5.37. The fraction of sp³-hybridized carbons (Fsp3) is 0.333. The molecule has 1 aromatic heterocycles. The summed E-state index contributed by atoms with van der Waals surface area (Å²) in [5, 5.41) is 0.745. The van der Waals surface area contributed by atoms with Crippen LogP contribution in [0.3, 0.4) is 0 Å². The summed E-state index contributed by atoms with van der Waals surface area (Å²) in [5.74, 6) is 1.90. The van der Waals surface area contributed by atoms with Crippen LogP contribution in [-0.2, 0) is 13.1 Å². The number of hydrogen-bond acceptors (Lipinski definition) is 3. The van der Waals surface area contributed by atoms with Crippen molar-refractivity contribution in [2.45, 2.75) is 26.1 Å². The third-order valence-electron chi connectivity index (χ3n) is 3.22. The van der Waals surface area contributed by atoms with Gasteiger partial charge in [0.2, 0.25) is 0 Å². The average Bonchev–Trinajstić information content (AvgIpc) is 2.79. The van der Waals surface area contributed by atoms with E-state index < -0.39 is 0 Å². The first kappa shape index (κ1) is 12.6. The minimum atomic E-state index is 0.150. The molecule has 0 amide bonds. The molecular formula is C15H16ClNO2. The molecule has 4 heteroatoms. The van der Waals surface area contributed by atoms with Crippen LogP contribution in [0, 0.1) is 0 Å². The van der Waals surface area contributed by atoms with Gasteiger partial charge in [0.15, 0.2) is 0 Å². The van der Waals surface area contributed by atoms with Crippen LogP contribution in [0.15, 0.2) is 41.0 Å². The Morgan fingerprint density at radius 1 is 1.37 bits per heavy atom. The van der Waals surface area contributed by atoms with Crippen molar-refractivity contribution in [1.29, 1.82) is 0 Å². The Morgan fingerprint density at radius 3 is 3.05 bits per heavy atom. The van der Waals surface area contributed by atoms with Crippen molar-refractivity contribution < 1.29 is 9.15 Å². The van der Waals surface area contributed by atoms with Gasteiger partial charge in [0, 0.05) is 23.7 Å². The molecule has 0 spiro atoms. The summed E-state index contributed by atoms with van der Waals surface area (Å²) >= 11 is 6.06. The molecule has 0 saturated heterocycles. The Morgan fingerprint density at radius 2 is 2.26 bits per heavy atom. The summed E-state index contributed by atoms with van der Waals surface area (Å²) in [6.07, 6.45) is 1.86. The maximum atomic E-state index is 6.06. The first-order valence-electron chi connectivity index (χ1n) is 6.40. The molecule has 0 radical (unpaired) electrons. The zero-order valence-electron chi connectivity index (χ0n) is 10.8. The molecule has 100 valence electrons. The molecule has 2 heterocycles. The summed E-state index contributed by atoms with van der Waals surface area (Å²) in [5.41, 5.74) is 1.13. The molecule has 1 aliphatic rings. The zero-order chi connectivity index (χ0) is 13.2. The van der Waals surface area contributed by atoms with Crippen LogP contribution in [0.2, 0.25) is 5.02 Å². The van der Waals surface area contributed by atoms with E-state index in [1.54, 1.807) is 6.26 Å². The predicted octanol–water partition coefficient (Wildman–Crippen LogP) is 3.72. The third kappa shape index (κ3) is 2.94. The maximum Gasteiger partial charge on any atom is 0.124 e. The summed E-state index contributed by atoms with van der Waals surface area (Å²) in [6.45, 7) is 4.55. The second kappa shape index (κ2) is 5.27. The first-order chi connectivity index (χ1) is 9.20. The lowest BCUT2D eigenvalue weighted by Gasteiger charge is -2.20. The lowest BCUT2D eigenvalue weighted by atomic mass is 10.2. The van der Waals surface area contributed by atoms with E-state index in [2.05, 4.69) is 11.8 Å². The van der Waals surface area contributed by atoms with Gasteiger partial charge in [-0.1, -0.05) is 11.6 Å². The van der Waals surface area contributed by atoms with Gasteiger partial charge in [0.1, 0.15) is 17.6 Å². The molecule has 1 atom stereocenters. The van der Waals surface area contributed by atoms with E-state index in [9.17, 15) is 0 Å². The van der Waals surface area contributed by atoms with Gasteiger partial charge in [-0.05, 0) is 37.3 Å². The SMILES string of the molecule is CC1CN(Cc2ccco2)Cc2cc(Cl)ccc2O1. The monoisotopic (exact) mass is 277 g/mol. The van der Waals surface area contributed by atoms with Crippen molar-refractivity contribution in [2.24, 2.45) is 0 Å². The minimum Gasteiger partial charge on any atom is -0.489 e. The Hall–Kier alpha value is -1.45. The van der Waals surface area contributed by atoms with Crippen LogP contribution in [0.5, 0.6) is 5.75 Å². The molecule has 0 fully saturated rings. The number of nitrogens with zero attached hydrogens (tertiary/aromatic N) is 1. The molecule has 3 nitrogen and oxygen atoms in total. The zero-order valence-corrected chi connectivity index (χ0v) is 11.6. The van der Waals surface area contributed by atoms with E-state index in [-0.39, 0.29) is 6.10 Å². The van der Waals surface area contributed by atoms with E-state index in [1.165, 1.54) is 0 Å². The predicted molar refractivity (Wildman–Crippen MR) is 74.4 cm³/mol. The van der Waals surface area contributed by atoms with Crippen LogP contribution in [0.4, 0.5) is 0 Å². The number of fused-ring (bicyclic) bond motifs is 1. The summed E-state index contributed by atoms with van der Waals surface area (Å²) < 4.78 is 11.3. The van der Waals surface area contributed by atoms with Crippen LogP contribution < -0.4 is 4.74 Å². The van der Waals surface area contributed by atoms with Gasteiger partial charge in [0.25, 0.3) is 0 Å². The van der Waals surface area contributed by atoms with Crippen molar-refractivity contribution >= 4 is 11.6 Å². The van der Waals surface area contributed by atoms with E-state index in [4.69, 9.17) is 20.8 Å². The van der Waals surface area contributed by atoms with Crippen LogP contribution in [0.25, 0.3) is 0 Å². The standard InChI is InChI=1S/C15H16ClNO2/c1-11-8-17(10-14-3-2-6-18-14)9-12-7-13(16)4-5-15(12)19-11/h2-7,11H,8-10H2,1H3. The third-order valence-corrected chi connectivity index (χ3v) is 3.45. The highest BCUT2D eigenvalue weighted by atomic mass is 35.5. The molecule has 0 N–H and O–H groups in total. The molecule has 19 heavy (non-hydrogen) atoms. The molecule has 0 saturated carbocycles. The Labute approximate surface area is 117 Å². The van der Waals surface area contributed by atoms with Crippen LogP contribution in [0.1, 0.15) is 18.2 Å². The molecule has 0 bridgehead atoms. The molecule has 2 aromatic rings. The van der Waals surface area contributed by atoms with Crippen LogP contribution >= 0.6 is 11.6 Å². The topological polar surface area (TPSA) is 25.6 Å². The number of halogens is 1. The van der Waals surface area contributed by atoms with Gasteiger partial charge in [-0.25, -0.2) is 0 Å². The van der Waals surface area contributed by atoms with Crippen molar-refractivity contribution in [3.63, 3.8) is 0 Å². The average molecular weight is 278 g/mol. The lowest BCUT2D eigenvalue weighted by Crippen LogP contribution is -2.30. The van der Waals surface area contributed by atoms with Gasteiger partial charge >= 0.3 is 0 Å². The second-order valence-electron chi connectivity index (χ2n) is 4.93. The Kier molecular flexibility index (Phi) is 3.49. The van der Waals surface area contributed by atoms with Crippen LogP contribution in [-0.4, -0.2) is 17.5 Å². The number of ether oxygens (including phenoxy) is 1. The number of rotatable bonds is 2. The fourth-order valence-corrected chi connectivity index (χ4v) is 2.65. The molecule has 1 aromatic carbocycles. The molecule has 3 rings (SSSR count). The summed E-state index contributed by atoms with van der Waals surface area (Å²) in [4.78, 5) is 2.31. The van der Waals surface area contributed by atoms with Gasteiger partial charge < -0.3 is 9.15 Å². The van der Waals surface area contributed by atoms with Gasteiger partial charge in [-0.15, -0.1) is 0 Å². The van der Waals surface area contributed by atoms with E-state index in [0.717, 1.165) is 41.7 Å². The van der Waals surface area contributed by atoms with Gasteiger partial charge in [0.05, 0.1) is 12.8 Å². The lowest BCUT2D eigenvalue weighted by molar-refractivity contribution is 0.150. The largest absolute Gasteiger partial charge is 0.489 e. The molecular weight excluding hydrogens is 262 g/mol. The normalized spacial score (nSPS) is 19.6. The molecule has 1 aliphatic heterocycles. The van der Waals surface area contributed by atoms with Crippen molar-refractivity contribution in [3.05, 3.63) is 52.9 Å². The van der Waals surface area contributed by atoms with E-state index in [0.29, 0.717) is 0 Å². The van der Waals surface area contributed by atoms with Gasteiger partial charge in [-0.3, -0.25) is 4.90 Å². The van der Waals surface area contributed by atoms with Crippen molar-refractivity contribution in [1.82, 2.24) is 4.90 Å². The van der Waals surface area contributed by atoms with Gasteiger partial charge in [-0.2, -0.15) is 0 Å². The number of benzene rings is 1. The number of furan rings is 1. The summed E-state index contributed by atoms with van der Waals surface area (Å²) in [7, 11) is 0. The maximum absolute atomic E-state index is 6.06. The van der Waals surface area contributed by atoms with Crippen molar-refractivity contribution in [2.75, 3.05) is 6.54 Å². The highest BCUT2D eigenvalue weighted by Gasteiger charge is 2.20. The number of hydrogen-bond donors (Lipinski definition) is 0. The molecule has 1 unspecified atom stereocenters. The Balaban J connectivity index is 1.83. The van der Waals surface area contributed by atoms with Crippen molar-refractivity contribution in [3.8, 4) is 5.75 Å².